The van der Waals surface area contributed by atoms with Crippen LogP contribution in [-0.4, -0.2) is 24.1 Å². The molecule has 68 valence electrons. The van der Waals surface area contributed by atoms with Crippen LogP contribution in [0.5, 0.6) is 0 Å². The standard InChI is InChI=1S/C9H8O4/c1-9-5-3-2-4(12-5)6(9)7(10)13-8(9)11/h2-6H,1H3/t4-,5+,6+,9+/m0/s1. The molecular weight excluding hydrogens is 172 g/mol. The van der Waals surface area contributed by atoms with Crippen molar-refractivity contribution in [2.45, 2.75) is 19.1 Å². The summed E-state index contributed by atoms with van der Waals surface area (Å²) in [5.41, 5.74) is -0.767. The normalized spacial score (nSPS) is 51.3. The van der Waals surface area contributed by atoms with Gasteiger partial charge in [0.2, 0.25) is 0 Å². The second-order valence-electron chi connectivity index (χ2n) is 3.88. The summed E-state index contributed by atoms with van der Waals surface area (Å²) in [6, 6.07) is 0. The van der Waals surface area contributed by atoms with Crippen molar-refractivity contribution in [1.29, 1.82) is 0 Å². The molecule has 13 heavy (non-hydrogen) atoms. The summed E-state index contributed by atoms with van der Waals surface area (Å²) in [6.07, 6.45) is 3.13. The Kier molecular flexibility index (Phi) is 1.03. The molecule has 4 nitrogen and oxygen atoms in total. The van der Waals surface area contributed by atoms with Crippen LogP contribution in [0.4, 0.5) is 0 Å². The third-order valence-electron chi connectivity index (χ3n) is 3.23. The van der Waals surface area contributed by atoms with Gasteiger partial charge in [0.05, 0.1) is 12.2 Å². The minimum atomic E-state index is -0.767. The Labute approximate surface area is 74.5 Å². The minimum absolute atomic E-state index is 0.256. The van der Waals surface area contributed by atoms with Crippen LogP contribution >= 0.6 is 0 Å². The Morgan fingerprint density at radius 1 is 1.38 bits per heavy atom. The summed E-state index contributed by atoms with van der Waals surface area (Å²) in [5, 5.41) is 0. The zero-order chi connectivity index (χ0) is 9.22. The molecule has 4 atom stereocenters. The minimum Gasteiger partial charge on any atom is -0.392 e. The first-order chi connectivity index (χ1) is 6.14. The number of cyclic esters (lactones) is 2. The van der Waals surface area contributed by atoms with Crippen molar-refractivity contribution in [3.8, 4) is 0 Å². The van der Waals surface area contributed by atoms with E-state index in [-0.39, 0.29) is 12.2 Å². The van der Waals surface area contributed by atoms with Crippen molar-refractivity contribution in [3.05, 3.63) is 12.2 Å². The summed E-state index contributed by atoms with van der Waals surface area (Å²) >= 11 is 0. The number of hydrogen-bond acceptors (Lipinski definition) is 4. The van der Waals surface area contributed by atoms with Crippen molar-refractivity contribution in [2.24, 2.45) is 11.3 Å². The third kappa shape index (κ3) is 0.592. The van der Waals surface area contributed by atoms with Gasteiger partial charge in [0.25, 0.3) is 0 Å². The smallest absolute Gasteiger partial charge is 0.323 e. The van der Waals surface area contributed by atoms with Crippen molar-refractivity contribution in [2.75, 3.05) is 0 Å². The number of hydrogen-bond donors (Lipinski definition) is 0. The van der Waals surface area contributed by atoms with Gasteiger partial charge in [0.15, 0.2) is 0 Å². The van der Waals surface area contributed by atoms with Gasteiger partial charge in [-0.2, -0.15) is 0 Å². The van der Waals surface area contributed by atoms with Gasteiger partial charge in [-0.05, 0) is 6.92 Å². The summed E-state index contributed by atoms with van der Waals surface area (Å²) < 4.78 is 10.1. The first-order valence-corrected chi connectivity index (χ1v) is 4.24. The van der Waals surface area contributed by atoms with Crippen molar-refractivity contribution >= 4 is 11.9 Å². The molecule has 3 aliphatic heterocycles. The zero-order valence-corrected chi connectivity index (χ0v) is 7.02. The van der Waals surface area contributed by atoms with E-state index in [2.05, 4.69) is 4.74 Å². The fourth-order valence-electron chi connectivity index (χ4n) is 2.41. The first-order valence-electron chi connectivity index (χ1n) is 4.24. The molecule has 0 radical (unpaired) electrons. The maximum absolute atomic E-state index is 11.4. The molecule has 0 aromatic rings. The molecule has 0 unspecified atom stereocenters. The van der Waals surface area contributed by atoms with E-state index in [0.29, 0.717) is 0 Å². The summed E-state index contributed by atoms with van der Waals surface area (Å²) in [4.78, 5) is 22.7. The van der Waals surface area contributed by atoms with Crippen LogP contribution in [0.2, 0.25) is 0 Å². The fraction of sp³-hybridized carbons (Fsp3) is 0.556. The monoisotopic (exact) mass is 180 g/mol. The van der Waals surface area contributed by atoms with Crippen molar-refractivity contribution < 1.29 is 19.1 Å². The molecule has 0 aromatic carbocycles. The van der Waals surface area contributed by atoms with Gasteiger partial charge in [-0.3, -0.25) is 9.59 Å². The van der Waals surface area contributed by atoms with E-state index < -0.39 is 23.3 Å². The summed E-state index contributed by atoms with van der Waals surface area (Å²) in [6.45, 7) is 1.74. The molecule has 2 fully saturated rings. The average Bonchev–Trinajstić information content (AvgIpc) is 2.66. The molecule has 3 aliphatic rings. The quantitative estimate of drug-likeness (QED) is 0.300. The van der Waals surface area contributed by atoms with Gasteiger partial charge in [-0.15, -0.1) is 0 Å². The molecule has 4 heteroatoms. The fourth-order valence-corrected chi connectivity index (χ4v) is 2.41. The highest BCUT2D eigenvalue weighted by Gasteiger charge is 2.68. The lowest BCUT2D eigenvalue weighted by Crippen LogP contribution is -2.38. The molecule has 0 spiro atoms. The molecule has 3 rings (SSSR count). The van der Waals surface area contributed by atoms with Gasteiger partial charge in [0, 0.05) is 0 Å². The highest BCUT2D eigenvalue weighted by molar-refractivity contribution is 6.01. The predicted molar refractivity (Wildman–Crippen MR) is 40.5 cm³/mol. The Morgan fingerprint density at radius 2 is 2.15 bits per heavy atom. The predicted octanol–water partition coefficient (Wildman–Crippen LogP) is 0.0295. The van der Waals surface area contributed by atoms with Crippen LogP contribution in [0.3, 0.4) is 0 Å². The maximum Gasteiger partial charge on any atom is 0.323 e. The van der Waals surface area contributed by atoms with E-state index in [4.69, 9.17) is 4.74 Å². The summed E-state index contributed by atoms with van der Waals surface area (Å²) in [7, 11) is 0. The average molecular weight is 180 g/mol. The molecule has 0 saturated carbocycles. The van der Waals surface area contributed by atoms with E-state index in [1.165, 1.54) is 0 Å². The number of rotatable bonds is 0. The van der Waals surface area contributed by atoms with Crippen LogP contribution in [0, 0.1) is 11.3 Å². The molecule has 2 bridgehead atoms. The third-order valence-corrected chi connectivity index (χ3v) is 3.23. The largest absolute Gasteiger partial charge is 0.392 e. The number of carbonyl (C=O) groups excluding carboxylic acids is 2. The first kappa shape index (κ1) is 7.26. The highest BCUT2D eigenvalue weighted by atomic mass is 16.6. The lowest BCUT2D eigenvalue weighted by Gasteiger charge is -2.22. The van der Waals surface area contributed by atoms with Gasteiger partial charge in [-0.1, -0.05) is 12.2 Å². The second kappa shape index (κ2) is 1.85. The van der Waals surface area contributed by atoms with E-state index in [1.807, 2.05) is 12.2 Å². The van der Waals surface area contributed by atoms with Crippen LogP contribution < -0.4 is 0 Å². The van der Waals surface area contributed by atoms with Crippen molar-refractivity contribution in [3.63, 3.8) is 0 Å². The zero-order valence-electron chi connectivity index (χ0n) is 7.02. The maximum atomic E-state index is 11.4. The van der Waals surface area contributed by atoms with Gasteiger partial charge in [-0.25, -0.2) is 0 Å². The van der Waals surface area contributed by atoms with Crippen LogP contribution in [0.1, 0.15) is 6.92 Å². The molecule has 2 saturated heterocycles. The van der Waals surface area contributed by atoms with E-state index in [9.17, 15) is 9.59 Å². The molecule has 3 heterocycles. The number of esters is 2. The van der Waals surface area contributed by atoms with Crippen LogP contribution in [0.25, 0.3) is 0 Å². The van der Waals surface area contributed by atoms with E-state index in [0.717, 1.165) is 0 Å². The van der Waals surface area contributed by atoms with E-state index >= 15 is 0 Å². The molecule has 0 amide bonds. The summed E-state index contributed by atoms with van der Waals surface area (Å²) in [5.74, 6) is -1.31. The number of carbonyl (C=O) groups is 2. The Morgan fingerprint density at radius 3 is 2.85 bits per heavy atom. The topological polar surface area (TPSA) is 52.6 Å². The highest BCUT2D eigenvalue weighted by Crippen LogP contribution is 2.52. The molecular formula is C9H8O4. The SMILES string of the molecule is C[C@]12C(=O)OC(=O)[C@H]1[C@@H]1C=C[C@H]2O1. The lowest BCUT2D eigenvalue weighted by molar-refractivity contribution is -0.158. The van der Waals surface area contributed by atoms with Gasteiger partial charge >= 0.3 is 11.9 Å². The molecule has 0 aromatic heterocycles. The Balaban J connectivity index is 2.17. The molecule has 0 N–H and O–H groups in total. The van der Waals surface area contributed by atoms with Gasteiger partial charge in [0.1, 0.15) is 11.3 Å². The molecule has 0 aliphatic carbocycles. The Bertz CT molecular complexity index is 346. The van der Waals surface area contributed by atoms with Crippen LogP contribution in [0.15, 0.2) is 12.2 Å². The van der Waals surface area contributed by atoms with Crippen LogP contribution in [-0.2, 0) is 19.1 Å². The Hall–Kier alpha value is -1.16. The van der Waals surface area contributed by atoms with Gasteiger partial charge < -0.3 is 9.47 Å². The number of fused-ring (bicyclic) bond motifs is 5. The second-order valence-corrected chi connectivity index (χ2v) is 3.88. The number of ether oxygens (including phenoxy) is 2. The lowest BCUT2D eigenvalue weighted by atomic mass is 9.72. The van der Waals surface area contributed by atoms with E-state index in [1.54, 1.807) is 6.92 Å². The van der Waals surface area contributed by atoms with Crippen molar-refractivity contribution in [1.82, 2.24) is 0 Å².